The highest BCUT2D eigenvalue weighted by atomic mass is 79.9. The van der Waals surface area contributed by atoms with Crippen LogP contribution < -0.4 is 5.73 Å². The number of halogens is 4. The van der Waals surface area contributed by atoms with E-state index in [0.29, 0.717) is 0 Å². The lowest BCUT2D eigenvalue weighted by Gasteiger charge is -2.12. The Labute approximate surface area is 92.4 Å². The highest BCUT2D eigenvalue weighted by Crippen LogP contribution is 2.38. The zero-order valence-electron chi connectivity index (χ0n) is 7.65. The average Bonchev–Trinajstić information content (AvgIpc) is 2.06. The summed E-state index contributed by atoms with van der Waals surface area (Å²) in [4.78, 5) is 10.9. The zero-order chi connectivity index (χ0) is 11.8. The summed E-state index contributed by atoms with van der Waals surface area (Å²) in [6.45, 7) is 1.18. The summed E-state index contributed by atoms with van der Waals surface area (Å²) in [5.74, 6) is -0.459. The van der Waals surface area contributed by atoms with Gasteiger partial charge in [-0.25, -0.2) is 0 Å². The Morgan fingerprint density at radius 3 is 2.33 bits per heavy atom. The number of alkyl halides is 3. The molecular weight excluding hydrogens is 275 g/mol. The van der Waals surface area contributed by atoms with Crippen molar-refractivity contribution in [3.05, 3.63) is 27.7 Å². The molecule has 6 heteroatoms. The van der Waals surface area contributed by atoms with E-state index in [9.17, 15) is 18.0 Å². The quantitative estimate of drug-likeness (QED) is 0.634. The maximum Gasteiger partial charge on any atom is 0.417 e. The summed E-state index contributed by atoms with van der Waals surface area (Å²) in [6, 6.07) is 1.99. The van der Waals surface area contributed by atoms with Crippen molar-refractivity contribution in [2.45, 2.75) is 13.1 Å². The molecule has 0 fully saturated rings. The van der Waals surface area contributed by atoms with Crippen LogP contribution in [-0.4, -0.2) is 5.78 Å². The van der Waals surface area contributed by atoms with Crippen LogP contribution in [-0.2, 0) is 6.18 Å². The van der Waals surface area contributed by atoms with Crippen molar-refractivity contribution in [3.63, 3.8) is 0 Å². The van der Waals surface area contributed by atoms with Gasteiger partial charge in [0.2, 0.25) is 0 Å². The number of anilines is 1. The van der Waals surface area contributed by atoms with Crippen molar-refractivity contribution in [3.8, 4) is 0 Å². The van der Waals surface area contributed by atoms with E-state index in [1.165, 1.54) is 13.0 Å². The first-order chi connectivity index (χ1) is 6.73. The number of nitrogens with two attached hydrogens (primary N) is 1. The summed E-state index contributed by atoms with van der Waals surface area (Å²) in [7, 11) is 0. The first-order valence-electron chi connectivity index (χ1n) is 3.90. The van der Waals surface area contributed by atoms with Gasteiger partial charge < -0.3 is 5.73 Å². The topological polar surface area (TPSA) is 43.1 Å². The number of nitrogen functional groups attached to an aromatic ring is 1. The number of benzene rings is 1. The minimum absolute atomic E-state index is 0.0528. The Kier molecular flexibility index (Phi) is 3.08. The van der Waals surface area contributed by atoms with Crippen LogP contribution in [0.3, 0.4) is 0 Å². The fourth-order valence-electron chi connectivity index (χ4n) is 1.06. The summed E-state index contributed by atoms with van der Waals surface area (Å²) in [5.41, 5.74) is 4.26. The largest absolute Gasteiger partial charge is 0.417 e. The van der Waals surface area contributed by atoms with Crippen LogP contribution in [0.1, 0.15) is 22.8 Å². The first kappa shape index (κ1) is 12.0. The standard InChI is InChI=1S/C9H7BrF3NO/c1-4(15)5-2-6(9(11,12)13)8(10)7(14)3-5/h2-3H,14H2,1H3. The minimum Gasteiger partial charge on any atom is -0.398 e. The SMILES string of the molecule is CC(=O)c1cc(N)c(Br)c(C(F)(F)F)c1. The van der Waals surface area contributed by atoms with Gasteiger partial charge in [-0.2, -0.15) is 13.2 Å². The second kappa shape index (κ2) is 3.84. The highest BCUT2D eigenvalue weighted by Gasteiger charge is 2.34. The van der Waals surface area contributed by atoms with Crippen molar-refractivity contribution < 1.29 is 18.0 Å². The molecule has 1 aromatic rings. The summed E-state index contributed by atoms with van der Waals surface area (Å²) in [6.07, 6.45) is -4.53. The number of rotatable bonds is 1. The van der Waals surface area contributed by atoms with Crippen LogP contribution in [0.2, 0.25) is 0 Å². The van der Waals surface area contributed by atoms with Crippen LogP contribution in [0.4, 0.5) is 18.9 Å². The molecule has 0 radical (unpaired) electrons. The van der Waals surface area contributed by atoms with E-state index in [4.69, 9.17) is 5.73 Å². The molecule has 0 unspecified atom stereocenters. The summed E-state index contributed by atoms with van der Waals surface area (Å²) >= 11 is 2.74. The van der Waals surface area contributed by atoms with E-state index >= 15 is 0 Å². The van der Waals surface area contributed by atoms with Gasteiger partial charge in [-0.05, 0) is 35.0 Å². The Morgan fingerprint density at radius 1 is 1.40 bits per heavy atom. The van der Waals surface area contributed by atoms with E-state index in [1.54, 1.807) is 0 Å². The van der Waals surface area contributed by atoms with Crippen molar-refractivity contribution in [1.82, 2.24) is 0 Å². The van der Waals surface area contributed by atoms with Gasteiger partial charge in [0.15, 0.2) is 5.78 Å². The molecule has 0 saturated heterocycles. The molecule has 0 bridgehead atoms. The van der Waals surface area contributed by atoms with E-state index in [0.717, 1.165) is 6.07 Å². The molecule has 0 heterocycles. The Bertz CT molecular complexity index is 415. The fraction of sp³-hybridized carbons (Fsp3) is 0.222. The molecule has 82 valence electrons. The van der Waals surface area contributed by atoms with Crippen molar-refractivity contribution in [2.24, 2.45) is 0 Å². The Hall–Kier alpha value is -1.04. The molecule has 15 heavy (non-hydrogen) atoms. The normalized spacial score (nSPS) is 11.5. The molecule has 2 nitrogen and oxygen atoms in total. The predicted octanol–water partition coefficient (Wildman–Crippen LogP) is 3.25. The number of hydrogen-bond donors (Lipinski definition) is 1. The van der Waals surface area contributed by atoms with Gasteiger partial charge in [0, 0.05) is 11.3 Å². The molecule has 0 aliphatic heterocycles. The molecule has 0 aromatic heterocycles. The molecule has 0 saturated carbocycles. The molecule has 1 aromatic carbocycles. The maximum absolute atomic E-state index is 12.5. The fourth-order valence-corrected chi connectivity index (χ4v) is 1.51. The number of Topliss-reactive ketones (excluding diaryl/α,β-unsaturated/α-hetero) is 1. The lowest BCUT2D eigenvalue weighted by Crippen LogP contribution is -2.09. The third kappa shape index (κ3) is 2.50. The third-order valence-corrected chi connectivity index (χ3v) is 2.70. The van der Waals surface area contributed by atoms with E-state index in [-0.39, 0.29) is 15.7 Å². The lowest BCUT2D eigenvalue weighted by molar-refractivity contribution is -0.138. The molecule has 0 atom stereocenters. The van der Waals surface area contributed by atoms with E-state index in [2.05, 4.69) is 15.9 Å². The van der Waals surface area contributed by atoms with Crippen LogP contribution in [0.15, 0.2) is 16.6 Å². The monoisotopic (exact) mass is 281 g/mol. The van der Waals surface area contributed by atoms with Crippen LogP contribution in [0.25, 0.3) is 0 Å². The lowest BCUT2D eigenvalue weighted by atomic mass is 10.1. The number of carbonyl (C=O) groups excluding carboxylic acids is 1. The smallest absolute Gasteiger partial charge is 0.398 e. The van der Waals surface area contributed by atoms with E-state index < -0.39 is 17.5 Å². The minimum atomic E-state index is -4.53. The summed E-state index contributed by atoms with van der Waals surface area (Å²) < 4.78 is 37.2. The second-order valence-corrected chi connectivity index (χ2v) is 3.77. The maximum atomic E-state index is 12.5. The molecule has 0 aliphatic rings. The molecule has 0 aliphatic carbocycles. The first-order valence-corrected chi connectivity index (χ1v) is 4.70. The number of carbonyl (C=O) groups is 1. The van der Waals surface area contributed by atoms with Gasteiger partial charge in [0.1, 0.15) is 0 Å². The Balaban J connectivity index is 3.45. The van der Waals surface area contributed by atoms with Crippen molar-refractivity contribution in [1.29, 1.82) is 0 Å². The predicted molar refractivity (Wildman–Crippen MR) is 53.6 cm³/mol. The average molecular weight is 282 g/mol. The van der Waals surface area contributed by atoms with Gasteiger partial charge in [0.25, 0.3) is 0 Å². The van der Waals surface area contributed by atoms with Gasteiger partial charge in [0.05, 0.1) is 10.0 Å². The number of hydrogen-bond acceptors (Lipinski definition) is 2. The van der Waals surface area contributed by atoms with E-state index in [1.807, 2.05) is 0 Å². The highest BCUT2D eigenvalue weighted by molar-refractivity contribution is 9.10. The molecular formula is C9H7BrF3NO. The Morgan fingerprint density at radius 2 is 1.93 bits per heavy atom. The number of ketones is 1. The van der Waals surface area contributed by atoms with Crippen LogP contribution >= 0.6 is 15.9 Å². The molecule has 0 amide bonds. The van der Waals surface area contributed by atoms with Gasteiger partial charge in [-0.15, -0.1) is 0 Å². The third-order valence-electron chi connectivity index (χ3n) is 1.81. The summed E-state index contributed by atoms with van der Waals surface area (Å²) in [5, 5.41) is 0. The van der Waals surface area contributed by atoms with Gasteiger partial charge in [-0.1, -0.05) is 0 Å². The second-order valence-electron chi connectivity index (χ2n) is 2.98. The van der Waals surface area contributed by atoms with Crippen molar-refractivity contribution >= 4 is 27.4 Å². The molecule has 0 spiro atoms. The van der Waals surface area contributed by atoms with Gasteiger partial charge >= 0.3 is 6.18 Å². The molecule has 2 N–H and O–H groups in total. The van der Waals surface area contributed by atoms with Crippen LogP contribution in [0, 0.1) is 0 Å². The molecule has 1 rings (SSSR count). The van der Waals surface area contributed by atoms with Gasteiger partial charge in [-0.3, -0.25) is 4.79 Å². The van der Waals surface area contributed by atoms with Crippen LogP contribution in [0.5, 0.6) is 0 Å². The van der Waals surface area contributed by atoms with Crippen molar-refractivity contribution in [2.75, 3.05) is 5.73 Å². The zero-order valence-corrected chi connectivity index (χ0v) is 9.24.